The van der Waals surface area contributed by atoms with Crippen LogP contribution in [-0.2, 0) is 6.42 Å². The highest BCUT2D eigenvalue weighted by Crippen LogP contribution is 2.34. The molecule has 0 nitrogen and oxygen atoms in total. The summed E-state index contributed by atoms with van der Waals surface area (Å²) in [7, 11) is -1.63. The molecule has 0 saturated heterocycles. The number of hydrogen-bond donors (Lipinski definition) is 0. The molecule has 0 fully saturated rings. The Kier molecular flexibility index (Phi) is 10.5. The summed E-state index contributed by atoms with van der Waals surface area (Å²) in [6.07, 6.45) is 17.2. The van der Waals surface area contributed by atoms with Crippen LogP contribution in [0.3, 0.4) is 0 Å². The van der Waals surface area contributed by atoms with E-state index in [2.05, 4.69) is 87.5 Å². The number of aryl methyl sites for hydroxylation is 1. The van der Waals surface area contributed by atoms with Gasteiger partial charge in [0.2, 0.25) is 0 Å². The molecule has 1 heteroatoms. The minimum Gasteiger partial charge on any atom is -0.126 e. The predicted molar refractivity (Wildman–Crippen MR) is 160 cm³/mol. The molecular formula is C34H44Si. The number of benzene rings is 3. The fraction of sp³-hybridized carbons (Fsp3) is 0.471. The molecule has 3 aromatic rings. The van der Waals surface area contributed by atoms with E-state index >= 15 is 0 Å². The fourth-order valence-corrected chi connectivity index (χ4v) is 10.0. The maximum Gasteiger partial charge on any atom is 0.138 e. The van der Waals surface area contributed by atoms with Crippen LogP contribution < -0.4 is 0 Å². The van der Waals surface area contributed by atoms with Gasteiger partial charge in [-0.1, -0.05) is 109 Å². The molecule has 0 aliphatic carbocycles. The summed E-state index contributed by atoms with van der Waals surface area (Å²) in [5.41, 5.74) is 7.65. The Morgan fingerprint density at radius 1 is 0.657 bits per heavy atom. The zero-order valence-electron chi connectivity index (χ0n) is 22.6. The molecule has 0 aliphatic heterocycles. The molecule has 0 aromatic heterocycles. The first-order valence-corrected chi connectivity index (χ1v) is 16.7. The van der Waals surface area contributed by atoms with Crippen molar-refractivity contribution in [1.29, 1.82) is 0 Å². The van der Waals surface area contributed by atoms with Gasteiger partial charge in [-0.05, 0) is 76.3 Å². The van der Waals surface area contributed by atoms with E-state index < -0.39 is 8.07 Å². The number of rotatable bonds is 12. The average Bonchev–Trinajstić information content (AvgIpc) is 2.90. The standard InChI is InChI=1S/C34H44Si/c1-6-11-19-30-31-20-15-17-28(10-5)33(31)27-34-29(18-16-21-32(30)34)22-26-35(23-12-7-2,24-13-8-3)25-14-9-4/h5,15-18,20-21,27H,6-9,11-14,19,23-25H2,1-4H3. The lowest BCUT2D eigenvalue weighted by Gasteiger charge is -2.26. The molecule has 0 N–H and O–H groups in total. The van der Waals surface area contributed by atoms with Gasteiger partial charge in [0.15, 0.2) is 0 Å². The van der Waals surface area contributed by atoms with Gasteiger partial charge < -0.3 is 0 Å². The van der Waals surface area contributed by atoms with Crippen molar-refractivity contribution in [1.82, 2.24) is 0 Å². The Morgan fingerprint density at radius 2 is 1.17 bits per heavy atom. The Hall–Kier alpha value is -2.48. The molecule has 0 amide bonds. The molecule has 35 heavy (non-hydrogen) atoms. The molecule has 0 atom stereocenters. The first-order chi connectivity index (χ1) is 17.1. The van der Waals surface area contributed by atoms with Gasteiger partial charge in [0.1, 0.15) is 8.07 Å². The molecular weight excluding hydrogens is 436 g/mol. The highest BCUT2D eigenvalue weighted by Gasteiger charge is 2.29. The van der Waals surface area contributed by atoms with Crippen molar-refractivity contribution < 1.29 is 0 Å². The third-order valence-electron chi connectivity index (χ3n) is 7.58. The van der Waals surface area contributed by atoms with Crippen LogP contribution in [0.1, 0.15) is 95.8 Å². The average molecular weight is 481 g/mol. The summed E-state index contributed by atoms with van der Waals surface area (Å²) in [5.74, 6) is 6.73. The molecule has 0 radical (unpaired) electrons. The van der Waals surface area contributed by atoms with E-state index in [0.717, 1.165) is 12.0 Å². The Bertz CT molecular complexity index is 1190. The molecule has 0 spiro atoms. The van der Waals surface area contributed by atoms with Crippen LogP contribution in [-0.4, -0.2) is 8.07 Å². The van der Waals surface area contributed by atoms with E-state index in [0.29, 0.717) is 0 Å². The normalized spacial score (nSPS) is 11.4. The zero-order valence-corrected chi connectivity index (χ0v) is 23.6. The van der Waals surface area contributed by atoms with Gasteiger partial charge in [-0.15, -0.1) is 12.0 Å². The van der Waals surface area contributed by atoms with Crippen molar-refractivity contribution in [2.75, 3.05) is 0 Å². The first-order valence-electron chi connectivity index (χ1n) is 14.1. The van der Waals surface area contributed by atoms with Crippen LogP contribution in [0.15, 0.2) is 42.5 Å². The van der Waals surface area contributed by atoms with Gasteiger partial charge in [0.25, 0.3) is 0 Å². The Balaban J connectivity index is 2.22. The lowest BCUT2D eigenvalue weighted by molar-refractivity contribution is 0.802. The predicted octanol–water partition coefficient (Wildman–Crippen LogP) is 10.1. The number of fused-ring (bicyclic) bond motifs is 2. The summed E-state index contributed by atoms with van der Waals surface area (Å²) >= 11 is 0. The second kappa shape index (κ2) is 13.6. The van der Waals surface area contributed by atoms with Crippen LogP contribution in [0.5, 0.6) is 0 Å². The Labute approximate surface area is 215 Å². The topological polar surface area (TPSA) is 0 Å². The molecule has 0 bridgehead atoms. The van der Waals surface area contributed by atoms with Crippen LogP contribution in [0.25, 0.3) is 21.5 Å². The number of hydrogen-bond acceptors (Lipinski definition) is 0. The highest BCUT2D eigenvalue weighted by molar-refractivity contribution is 6.87. The van der Waals surface area contributed by atoms with Crippen molar-refractivity contribution in [2.45, 2.75) is 104 Å². The quantitative estimate of drug-likeness (QED) is 0.137. The lowest BCUT2D eigenvalue weighted by Crippen LogP contribution is -2.32. The van der Waals surface area contributed by atoms with Crippen molar-refractivity contribution in [3.63, 3.8) is 0 Å². The molecule has 3 aromatic carbocycles. The van der Waals surface area contributed by atoms with Crippen molar-refractivity contribution >= 4 is 29.6 Å². The molecule has 0 aliphatic rings. The molecule has 0 heterocycles. The van der Waals surface area contributed by atoms with E-state index in [9.17, 15) is 0 Å². The van der Waals surface area contributed by atoms with Gasteiger partial charge in [-0.2, -0.15) is 0 Å². The Morgan fingerprint density at radius 3 is 1.69 bits per heavy atom. The van der Waals surface area contributed by atoms with Gasteiger partial charge in [0, 0.05) is 11.1 Å². The maximum absolute atomic E-state index is 5.93. The van der Waals surface area contributed by atoms with E-state index in [-0.39, 0.29) is 0 Å². The highest BCUT2D eigenvalue weighted by atomic mass is 28.3. The first kappa shape index (κ1) is 27.1. The zero-order chi connectivity index (χ0) is 25.1. The molecule has 184 valence electrons. The van der Waals surface area contributed by atoms with Crippen molar-refractivity contribution in [3.05, 3.63) is 59.2 Å². The van der Waals surface area contributed by atoms with Gasteiger partial charge in [-0.25, -0.2) is 0 Å². The third-order valence-corrected chi connectivity index (χ3v) is 12.2. The summed E-state index contributed by atoms with van der Waals surface area (Å²) in [6.45, 7) is 9.24. The molecule has 0 unspecified atom stereocenters. The second-order valence-corrected chi connectivity index (χ2v) is 14.6. The van der Waals surface area contributed by atoms with Crippen LogP contribution >= 0.6 is 0 Å². The summed E-state index contributed by atoms with van der Waals surface area (Å²) < 4.78 is 0. The molecule has 3 rings (SSSR count). The van der Waals surface area contributed by atoms with Crippen molar-refractivity contribution in [3.8, 4) is 23.8 Å². The van der Waals surface area contributed by atoms with Crippen molar-refractivity contribution in [2.24, 2.45) is 0 Å². The third kappa shape index (κ3) is 6.60. The van der Waals surface area contributed by atoms with E-state index in [4.69, 9.17) is 6.42 Å². The number of unbranched alkanes of at least 4 members (excludes halogenated alkanes) is 4. The minimum absolute atomic E-state index is 0.988. The molecule has 0 saturated carbocycles. The maximum atomic E-state index is 5.93. The van der Waals surface area contributed by atoms with E-state index in [1.54, 1.807) is 0 Å². The van der Waals surface area contributed by atoms with Gasteiger partial charge >= 0.3 is 0 Å². The van der Waals surface area contributed by atoms with Gasteiger partial charge in [0.05, 0.1) is 0 Å². The summed E-state index contributed by atoms with van der Waals surface area (Å²) in [4.78, 5) is 0. The van der Waals surface area contributed by atoms with Crippen LogP contribution in [0.4, 0.5) is 0 Å². The second-order valence-electron chi connectivity index (χ2n) is 10.2. The van der Waals surface area contributed by atoms with Crippen LogP contribution in [0.2, 0.25) is 18.1 Å². The fourth-order valence-electron chi connectivity index (χ4n) is 5.42. The van der Waals surface area contributed by atoms with Crippen LogP contribution in [0, 0.1) is 23.8 Å². The number of terminal acetylenes is 1. The minimum atomic E-state index is -1.63. The van der Waals surface area contributed by atoms with E-state index in [1.807, 2.05) is 0 Å². The largest absolute Gasteiger partial charge is 0.138 e. The smallest absolute Gasteiger partial charge is 0.126 e. The van der Waals surface area contributed by atoms with Gasteiger partial charge in [-0.3, -0.25) is 0 Å². The van der Waals surface area contributed by atoms with E-state index in [1.165, 1.54) is 102 Å². The lowest BCUT2D eigenvalue weighted by atomic mass is 9.90. The SMILES string of the molecule is C#Cc1cccc2c(CCCC)c3cccc(C#C[Si](CCCC)(CCCC)CCCC)c3cc12. The summed E-state index contributed by atoms with van der Waals surface area (Å²) in [5, 5.41) is 5.15. The monoisotopic (exact) mass is 480 g/mol. The summed E-state index contributed by atoms with van der Waals surface area (Å²) in [6, 6.07) is 19.6.